The van der Waals surface area contributed by atoms with Gasteiger partial charge >= 0.3 is 0 Å². The Morgan fingerprint density at radius 3 is 1.65 bits per heavy atom. The van der Waals surface area contributed by atoms with Crippen LogP contribution in [-0.2, 0) is 0 Å². The molecule has 1 aliphatic heterocycles. The van der Waals surface area contributed by atoms with Gasteiger partial charge in [-0.25, -0.2) is 4.90 Å². The zero-order valence-corrected chi connectivity index (χ0v) is 25.9. The van der Waals surface area contributed by atoms with Crippen LogP contribution < -0.4 is 4.90 Å². The van der Waals surface area contributed by atoms with Crippen LogP contribution >= 0.6 is 0 Å². The van der Waals surface area contributed by atoms with Crippen LogP contribution in [0.2, 0.25) is 0 Å². The van der Waals surface area contributed by atoms with Crippen molar-refractivity contribution in [3.05, 3.63) is 181 Å². The number of nitrogens with zero attached hydrogens (tertiary/aromatic N) is 2. The third-order valence-electron chi connectivity index (χ3n) is 9.35. The van der Waals surface area contributed by atoms with Gasteiger partial charge in [0.1, 0.15) is 0 Å². The van der Waals surface area contributed by atoms with E-state index in [2.05, 4.69) is 47.0 Å². The van der Waals surface area contributed by atoms with Crippen LogP contribution in [0, 0.1) is 0 Å². The molecule has 48 heavy (non-hydrogen) atoms. The molecule has 0 radical (unpaired) electrons. The highest BCUT2D eigenvalue weighted by atomic mass is 16.2. The minimum absolute atomic E-state index is 0.329. The molecule has 0 saturated heterocycles. The number of amides is 2. The molecule has 226 valence electrons. The molecular weight excluding hydrogens is 588 g/mol. The van der Waals surface area contributed by atoms with Crippen LogP contribution in [0.4, 0.5) is 5.69 Å². The van der Waals surface area contributed by atoms with E-state index in [4.69, 9.17) is 0 Å². The molecule has 0 unspecified atom stereocenters. The molecule has 2 heterocycles. The monoisotopic (exact) mass is 616 g/mol. The second-order valence-corrected chi connectivity index (χ2v) is 12.1. The molecule has 0 spiro atoms. The SMILES string of the molecule is O=C1c2cccc(-n3c4ccccc4c4ccc(-c5ccccc5)cc43)c2C(=O)N1c1cc(-c2ccccc2)ccc1-c1ccccc1. The van der Waals surface area contributed by atoms with E-state index in [1.165, 1.54) is 4.90 Å². The average Bonchev–Trinajstić information content (AvgIpc) is 3.62. The smallest absolute Gasteiger partial charge is 0.268 e. The maximum atomic E-state index is 14.8. The summed E-state index contributed by atoms with van der Waals surface area (Å²) in [7, 11) is 0. The van der Waals surface area contributed by atoms with Crippen LogP contribution in [0.1, 0.15) is 20.7 Å². The minimum atomic E-state index is -0.335. The van der Waals surface area contributed by atoms with Gasteiger partial charge < -0.3 is 4.57 Å². The Morgan fingerprint density at radius 2 is 0.938 bits per heavy atom. The molecule has 1 aliphatic rings. The summed E-state index contributed by atoms with van der Waals surface area (Å²) in [5, 5.41) is 2.17. The number of benzene rings is 7. The first kappa shape index (κ1) is 27.8. The summed E-state index contributed by atoms with van der Waals surface area (Å²) in [5.41, 5.74) is 9.86. The molecule has 0 N–H and O–H groups in total. The van der Waals surface area contributed by atoms with Crippen molar-refractivity contribution in [3.8, 4) is 39.1 Å². The molecule has 7 aromatic carbocycles. The normalized spacial score (nSPS) is 12.6. The van der Waals surface area contributed by atoms with Gasteiger partial charge in [0.25, 0.3) is 11.8 Å². The molecule has 0 atom stereocenters. The number of hydrogen-bond acceptors (Lipinski definition) is 2. The van der Waals surface area contributed by atoms with Gasteiger partial charge in [0, 0.05) is 16.3 Å². The summed E-state index contributed by atoms with van der Waals surface area (Å²) >= 11 is 0. The summed E-state index contributed by atoms with van der Waals surface area (Å²) in [4.78, 5) is 30.6. The van der Waals surface area contributed by atoms with E-state index in [0.717, 1.165) is 55.2 Å². The Balaban J connectivity index is 1.26. The van der Waals surface area contributed by atoms with Gasteiger partial charge in [-0.2, -0.15) is 0 Å². The highest BCUT2D eigenvalue weighted by Gasteiger charge is 2.40. The van der Waals surface area contributed by atoms with Crippen LogP contribution in [-0.4, -0.2) is 16.4 Å². The molecule has 9 rings (SSSR count). The second kappa shape index (κ2) is 11.1. The van der Waals surface area contributed by atoms with E-state index in [0.29, 0.717) is 22.5 Å². The number of anilines is 1. The largest absolute Gasteiger partial charge is 0.308 e. The fourth-order valence-electron chi connectivity index (χ4n) is 7.10. The Labute approximate surface area is 277 Å². The summed E-state index contributed by atoms with van der Waals surface area (Å²) < 4.78 is 2.14. The van der Waals surface area contributed by atoms with Crippen molar-refractivity contribution in [2.24, 2.45) is 0 Å². The predicted octanol–water partition coefficient (Wildman–Crippen LogP) is 10.6. The van der Waals surface area contributed by atoms with Crippen molar-refractivity contribution in [2.45, 2.75) is 0 Å². The fourth-order valence-corrected chi connectivity index (χ4v) is 7.10. The Hall–Kier alpha value is -6.52. The summed E-state index contributed by atoms with van der Waals surface area (Å²) in [6.45, 7) is 0. The van der Waals surface area contributed by atoms with Crippen molar-refractivity contribution in [1.82, 2.24) is 4.57 Å². The number of carbonyl (C=O) groups is 2. The van der Waals surface area contributed by atoms with Gasteiger partial charge in [0.2, 0.25) is 0 Å². The van der Waals surface area contributed by atoms with Crippen molar-refractivity contribution >= 4 is 39.3 Å². The van der Waals surface area contributed by atoms with Gasteiger partial charge in [-0.15, -0.1) is 0 Å². The van der Waals surface area contributed by atoms with Crippen molar-refractivity contribution in [3.63, 3.8) is 0 Å². The van der Waals surface area contributed by atoms with Crippen LogP contribution in [0.5, 0.6) is 0 Å². The summed E-state index contributed by atoms with van der Waals surface area (Å²) in [5.74, 6) is -0.664. The second-order valence-electron chi connectivity index (χ2n) is 12.1. The van der Waals surface area contributed by atoms with Crippen molar-refractivity contribution < 1.29 is 9.59 Å². The van der Waals surface area contributed by atoms with E-state index in [1.807, 2.05) is 121 Å². The third-order valence-corrected chi connectivity index (χ3v) is 9.35. The zero-order chi connectivity index (χ0) is 32.2. The molecule has 0 bridgehead atoms. The first-order chi connectivity index (χ1) is 23.7. The maximum absolute atomic E-state index is 14.8. The highest BCUT2D eigenvalue weighted by Crippen LogP contribution is 2.42. The lowest BCUT2D eigenvalue weighted by atomic mass is 9.97. The van der Waals surface area contributed by atoms with Gasteiger partial charge in [0.15, 0.2) is 0 Å². The van der Waals surface area contributed by atoms with Crippen molar-refractivity contribution in [1.29, 1.82) is 0 Å². The topological polar surface area (TPSA) is 42.3 Å². The van der Waals surface area contributed by atoms with Crippen LogP contribution in [0.15, 0.2) is 170 Å². The number of imide groups is 1. The third kappa shape index (κ3) is 4.31. The standard InChI is InChI=1S/C44H28N2O2/c47-43-37-20-12-22-39(45-38-21-11-10-19-35(38)36-26-24-33(28-41(36)45)30-15-6-2-7-16-30)42(37)44(48)46(43)40-27-32(29-13-4-1-5-14-29)23-25-34(40)31-17-8-3-9-18-31/h1-28H. The maximum Gasteiger partial charge on any atom is 0.268 e. The lowest BCUT2D eigenvalue weighted by Crippen LogP contribution is -2.30. The summed E-state index contributed by atoms with van der Waals surface area (Å²) in [6, 6.07) is 56.6. The Morgan fingerprint density at radius 1 is 0.354 bits per heavy atom. The lowest BCUT2D eigenvalue weighted by molar-refractivity contribution is 0.0926. The van der Waals surface area contributed by atoms with Crippen molar-refractivity contribution in [2.75, 3.05) is 4.90 Å². The quantitative estimate of drug-likeness (QED) is 0.181. The Bertz CT molecular complexity index is 2530. The molecule has 8 aromatic rings. The van der Waals surface area contributed by atoms with E-state index < -0.39 is 0 Å². The fraction of sp³-hybridized carbons (Fsp3) is 0. The van der Waals surface area contributed by atoms with Gasteiger partial charge in [-0.1, -0.05) is 140 Å². The average molecular weight is 617 g/mol. The highest BCUT2D eigenvalue weighted by molar-refractivity contribution is 6.36. The molecule has 2 amide bonds. The minimum Gasteiger partial charge on any atom is -0.308 e. The molecule has 1 aromatic heterocycles. The number of aromatic nitrogens is 1. The van der Waals surface area contributed by atoms with Gasteiger partial charge in [0.05, 0.1) is 33.5 Å². The van der Waals surface area contributed by atoms with E-state index in [9.17, 15) is 9.59 Å². The summed E-state index contributed by atoms with van der Waals surface area (Å²) in [6.07, 6.45) is 0. The van der Waals surface area contributed by atoms with E-state index in [1.54, 1.807) is 6.07 Å². The number of para-hydroxylation sites is 1. The van der Waals surface area contributed by atoms with Crippen LogP contribution in [0.3, 0.4) is 0 Å². The molecule has 4 heteroatoms. The molecule has 0 saturated carbocycles. The van der Waals surface area contributed by atoms with E-state index in [-0.39, 0.29) is 11.8 Å². The van der Waals surface area contributed by atoms with Gasteiger partial charge in [-0.05, 0) is 58.1 Å². The molecule has 0 aliphatic carbocycles. The number of hydrogen-bond donors (Lipinski definition) is 0. The first-order valence-corrected chi connectivity index (χ1v) is 16.0. The first-order valence-electron chi connectivity index (χ1n) is 16.0. The molecular formula is C44H28N2O2. The zero-order valence-electron chi connectivity index (χ0n) is 25.9. The predicted molar refractivity (Wildman–Crippen MR) is 195 cm³/mol. The lowest BCUT2D eigenvalue weighted by Gasteiger charge is -2.20. The number of carbonyl (C=O) groups excluding carboxylic acids is 2. The van der Waals surface area contributed by atoms with E-state index >= 15 is 0 Å². The van der Waals surface area contributed by atoms with Crippen LogP contribution in [0.25, 0.3) is 60.9 Å². The number of rotatable bonds is 5. The number of fused-ring (bicyclic) bond motifs is 4. The molecule has 4 nitrogen and oxygen atoms in total. The molecule has 0 fully saturated rings. The Kier molecular flexibility index (Phi) is 6.41. The van der Waals surface area contributed by atoms with Gasteiger partial charge in [-0.3, -0.25) is 9.59 Å².